The Balaban J connectivity index is 3.40. The van der Waals surface area contributed by atoms with E-state index in [9.17, 15) is 5.11 Å². The van der Waals surface area contributed by atoms with Crippen LogP contribution in [0.5, 0.6) is 0 Å². The van der Waals surface area contributed by atoms with Crippen molar-refractivity contribution < 1.29 is 5.11 Å². The smallest absolute Gasteiger partial charge is 0.0540 e. The Hall–Kier alpha value is -0.0400. The summed E-state index contributed by atoms with van der Waals surface area (Å²) in [4.78, 5) is 0. The summed E-state index contributed by atoms with van der Waals surface area (Å²) in [5.74, 6) is 1.56. The second-order valence-electron chi connectivity index (χ2n) is 4.75. The van der Waals surface area contributed by atoms with E-state index in [2.05, 4.69) is 27.7 Å². The van der Waals surface area contributed by atoms with Crippen molar-refractivity contribution in [1.82, 2.24) is 0 Å². The van der Waals surface area contributed by atoms with Gasteiger partial charge in [-0.1, -0.05) is 34.1 Å². The second-order valence-corrected chi connectivity index (χ2v) is 4.75. The maximum absolute atomic E-state index is 9.53. The quantitative estimate of drug-likeness (QED) is 0.644. The highest BCUT2D eigenvalue weighted by atomic mass is 16.3. The lowest BCUT2D eigenvalue weighted by atomic mass is 9.93. The van der Waals surface area contributed by atoms with Gasteiger partial charge in [-0.2, -0.15) is 0 Å². The zero-order valence-corrected chi connectivity index (χ0v) is 9.71. The highest BCUT2D eigenvalue weighted by Gasteiger charge is 2.08. The molecule has 0 aliphatic rings. The van der Waals surface area contributed by atoms with Crippen molar-refractivity contribution in [3.8, 4) is 0 Å². The summed E-state index contributed by atoms with van der Waals surface area (Å²) in [6.45, 7) is 8.94. The molecule has 0 aliphatic carbocycles. The lowest BCUT2D eigenvalue weighted by molar-refractivity contribution is 0.143. The molecule has 0 radical (unpaired) electrons. The van der Waals surface area contributed by atoms with Crippen molar-refractivity contribution in [2.24, 2.45) is 11.8 Å². The van der Waals surface area contributed by atoms with Gasteiger partial charge in [-0.25, -0.2) is 0 Å². The normalized spacial score (nSPS) is 16.2. The zero-order chi connectivity index (χ0) is 10.3. The molecule has 0 aliphatic heterocycles. The molecule has 0 saturated carbocycles. The fourth-order valence-electron chi connectivity index (χ4n) is 1.88. The summed E-state index contributed by atoms with van der Waals surface area (Å²) in [5.41, 5.74) is 0. The van der Waals surface area contributed by atoms with Crippen molar-refractivity contribution in [2.45, 2.75) is 65.9 Å². The molecule has 0 aromatic heterocycles. The predicted molar refractivity (Wildman–Crippen MR) is 58.8 cm³/mol. The molecular weight excluding hydrogens is 160 g/mol. The minimum absolute atomic E-state index is 0.0559. The van der Waals surface area contributed by atoms with Crippen LogP contribution in [0.1, 0.15) is 59.8 Å². The van der Waals surface area contributed by atoms with Crippen LogP contribution < -0.4 is 0 Å². The van der Waals surface area contributed by atoms with E-state index in [0.717, 1.165) is 31.1 Å². The van der Waals surface area contributed by atoms with Gasteiger partial charge in [0.25, 0.3) is 0 Å². The van der Waals surface area contributed by atoms with E-state index in [-0.39, 0.29) is 6.10 Å². The van der Waals surface area contributed by atoms with Crippen LogP contribution in [0.3, 0.4) is 0 Å². The summed E-state index contributed by atoms with van der Waals surface area (Å²) in [6, 6.07) is 0. The monoisotopic (exact) mass is 186 g/mol. The average molecular weight is 186 g/mol. The molecule has 0 spiro atoms. The van der Waals surface area contributed by atoms with Crippen LogP contribution in [0.25, 0.3) is 0 Å². The first-order valence-electron chi connectivity index (χ1n) is 5.74. The molecule has 2 atom stereocenters. The van der Waals surface area contributed by atoms with E-state index in [4.69, 9.17) is 0 Å². The Kier molecular flexibility index (Phi) is 7.35. The molecule has 2 unspecified atom stereocenters. The Morgan fingerprint density at radius 1 is 1.00 bits per heavy atom. The summed E-state index contributed by atoms with van der Waals surface area (Å²) in [7, 11) is 0. The SMILES string of the molecule is CCCC(O)CCC(C)CC(C)C. The van der Waals surface area contributed by atoms with Gasteiger partial charge in [-0.05, 0) is 37.5 Å². The first-order valence-corrected chi connectivity index (χ1v) is 5.74. The predicted octanol–water partition coefficient (Wildman–Crippen LogP) is 3.61. The molecule has 0 amide bonds. The first-order chi connectivity index (χ1) is 6.06. The standard InChI is InChI=1S/C12H26O/c1-5-6-12(13)8-7-11(4)9-10(2)3/h10-13H,5-9H2,1-4H3. The molecule has 0 rings (SSSR count). The van der Waals surface area contributed by atoms with Gasteiger partial charge in [-0.3, -0.25) is 0 Å². The van der Waals surface area contributed by atoms with Gasteiger partial charge in [-0.15, -0.1) is 0 Å². The van der Waals surface area contributed by atoms with Crippen molar-refractivity contribution in [1.29, 1.82) is 0 Å². The molecule has 0 bridgehead atoms. The molecule has 1 heteroatoms. The number of rotatable bonds is 7. The van der Waals surface area contributed by atoms with Crippen molar-refractivity contribution in [3.63, 3.8) is 0 Å². The summed E-state index contributed by atoms with van der Waals surface area (Å²) in [6.07, 6.45) is 5.47. The van der Waals surface area contributed by atoms with Crippen LogP contribution >= 0.6 is 0 Å². The van der Waals surface area contributed by atoms with E-state index in [0.29, 0.717) is 0 Å². The van der Waals surface area contributed by atoms with E-state index in [1.807, 2.05) is 0 Å². The molecule has 1 N–H and O–H groups in total. The van der Waals surface area contributed by atoms with Crippen LogP contribution in [0.2, 0.25) is 0 Å². The lowest BCUT2D eigenvalue weighted by Gasteiger charge is -2.15. The van der Waals surface area contributed by atoms with Gasteiger partial charge in [0.2, 0.25) is 0 Å². The van der Waals surface area contributed by atoms with Gasteiger partial charge in [0.15, 0.2) is 0 Å². The van der Waals surface area contributed by atoms with Gasteiger partial charge in [0, 0.05) is 0 Å². The van der Waals surface area contributed by atoms with Crippen LogP contribution in [0.4, 0.5) is 0 Å². The van der Waals surface area contributed by atoms with E-state index in [1.165, 1.54) is 12.8 Å². The zero-order valence-electron chi connectivity index (χ0n) is 9.71. The summed E-state index contributed by atoms with van der Waals surface area (Å²) < 4.78 is 0. The van der Waals surface area contributed by atoms with E-state index < -0.39 is 0 Å². The van der Waals surface area contributed by atoms with Crippen LogP contribution in [0.15, 0.2) is 0 Å². The van der Waals surface area contributed by atoms with Gasteiger partial charge >= 0.3 is 0 Å². The lowest BCUT2D eigenvalue weighted by Crippen LogP contribution is -2.09. The molecule has 0 fully saturated rings. The first kappa shape index (κ1) is 13.0. The van der Waals surface area contributed by atoms with Gasteiger partial charge in [0.1, 0.15) is 0 Å². The second kappa shape index (κ2) is 7.37. The molecule has 0 heterocycles. The molecule has 1 nitrogen and oxygen atoms in total. The number of hydrogen-bond acceptors (Lipinski definition) is 1. The highest BCUT2D eigenvalue weighted by Crippen LogP contribution is 2.18. The largest absolute Gasteiger partial charge is 0.393 e. The third-order valence-corrected chi connectivity index (χ3v) is 2.49. The Bertz CT molecular complexity index is 110. The molecular formula is C12H26O. The Morgan fingerprint density at radius 2 is 1.62 bits per heavy atom. The van der Waals surface area contributed by atoms with Crippen LogP contribution in [0, 0.1) is 11.8 Å². The minimum atomic E-state index is -0.0559. The van der Waals surface area contributed by atoms with Crippen molar-refractivity contribution in [2.75, 3.05) is 0 Å². The summed E-state index contributed by atoms with van der Waals surface area (Å²) >= 11 is 0. The molecule has 80 valence electrons. The van der Waals surface area contributed by atoms with E-state index in [1.54, 1.807) is 0 Å². The number of aliphatic hydroxyl groups is 1. The molecule has 0 saturated heterocycles. The Morgan fingerprint density at radius 3 is 2.08 bits per heavy atom. The molecule has 0 aromatic carbocycles. The van der Waals surface area contributed by atoms with Gasteiger partial charge < -0.3 is 5.11 Å². The third kappa shape index (κ3) is 8.29. The summed E-state index contributed by atoms with van der Waals surface area (Å²) in [5, 5.41) is 9.53. The van der Waals surface area contributed by atoms with Gasteiger partial charge in [0.05, 0.1) is 6.10 Å². The molecule has 0 aromatic rings. The topological polar surface area (TPSA) is 20.2 Å². The van der Waals surface area contributed by atoms with Crippen LogP contribution in [-0.4, -0.2) is 11.2 Å². The van der Waals surface area contributed by atoms with Crippen molar-refractivity contribution in [3.05, 3.63) is 0 Å². The fourth-order valence-corrected chi connectivity index (χ4v) is 1.88. The maximum atomic E-state index is 9.53. The fraction of sp³-hybridized carbons (Fsp3) is 1.00. The van der Waals surface area contributed by atoms with Crippen molar-refractivity contribution >= 4 is 0 Å². The number of hydrogen-bond donors (Lipinski definition) is 1. The highest BCUT2D eigenvalue weighted by molar-refractivity contribution is 4.61. The molecule has 13 heavy (non-hydrogen) atoms. The van der Waals surface area contributed by atoms with E-state index >= 15 is 0 Å². The number of aliphatic hydroxyl groups excluding tert-OH is 1. The maximum Gasteiger partial charge on any atom is 0.0540 e. The third-order valence-electron chi connectivity index (χ3n) is 2.49. The Labute approximate surface area is 83.5 Å². The average Bonchev–Trinajstić information content (AvgIpc) is 2.00. The minimum Gasteiger partial charge on any atom is -0.393 e. The van der Waals surface area contributed by atoms with Crippen LogP contribution in [-0.2, 0) is 0 Å².